The molecule has 10 heteroatoms. The summed E-state index contributed by atoms with van der Waals surface area (Å²) < 4.78 is 24.2. The summed E-state index contributed by atoms with van der Waals surface area (Å²) in [7, 11) is -3.15. The lowest BCUT2D eigenvalue weighted by Crippen LogP contribution is -2.38. The van der Waals surface area contributed by atoms with Gasteiger partial charge in [0.25, 0.3) is 0 Å². The second kappa shape index (κ2) is 7.81. The fourth-order valence-electron chi connectivity index (χ4n) is 3.24. The van der Waals surface area contributed by atoms with E-state index in [0.717, 1.165) is 11.3 Å². The first-order valence-corrected chi connectivity index (χ1v) is 11.5. The minimum atomic E-state index is -3.15. The van der Waals surface area contributed by atoms with Gasteiger partial charge in [0.2, 0.25) is 5.91 Å². The number of nitrogens with zero attached hydrogens (tertiary/aromatic N) is 2. The summed E-state index contributed by atoms with van der Waals surface area (Å²) in [6.07, 6.45) is 0.156. The van der Waals surface area contributed by atoms with Crippen LogP contribution in [0.3, 0.4) is 0 Å². The smallest absolute Gasteiger partial charge is 0.303 e. The molecule has 2 saturated heterocycles. The van der Waals surface area contributed by atoms with Crippen LogP contribution >= 0.6 is 23.4 Å². The third kappa shape index (κ3) is 4.64. The molecule has 2 aliphatic heterocycles. The molecule has 0 spiro atoms. The molecule has 2 fully saturated rings. The van der Waals surface area contributed by atoms with Crippen LogP contribution in [0.2, 0.25) is 5.02 Å². The number of sulfone groups is 1. The van der Waals surface area contributed by atoms with Gasteiger partial charge in [-0.25, -0.2) is 8.42 Å². The zero-order chi connectivity index (χ0) is 19.8. The van der Waals surface area contributed by atoms with Crippen molar-refractivity contribution in [1.29, 1.82) is 0 Å². The van der Waals surface area contributed by atoms with Crippen LogP contribution in [0.25, 0.3) is 0 Å². The second-order valence-corrected chi connectivity index (χ2v) is 10.4. The highest BCUT2D eigenvalue weighted by atomic mass is 35.5. The highest BCUT2D eigenvalue weighted by Gasteiger charge is 2.49. The van der Waals surface area contributed by atoms with Gasteiger partial charge >= 0.3 is 5.97 Å². The molecule has 146 valence electrons. The Kier molecular flexibility index (Phi) is 5.83. The highest BCUT2D eigenvalue weighted by Crippen LogP contribution is 2.42. The first kappa shape index (κ1) is 20.2. The maximum Gasteiger partial charge on any atom is 0.303 e. The fraction of sp³-hybridized carbons (Fsp3) is 0.471. The molecule has 0 unspecified atom stereocenters. The second-order valence-electron chi connectivity index (χ2n) is 6.64. The van der Waals surface area contributed by atoms with E-state index in [0.29, 0.717) is 10.2 Å². The van der Waals surface area contributed by atoms with Crippen LogP contribution in [0.1, 0.15) is 24.8 Å². The molecule has 2 atom stereocenters. The number of benzene rings is 1. The van der Waals surface area contributed by atoms with Crippen LogP contribution in [0.4, 0.5) is 5.69 Å². The Labute approximate surface area is 166 Å². The number of aliphatic carboxylic acids is 1. The van der Waals surface area contributed by atoms with E-state index in [1.807, 2.05) is 13.0 Å². The van der Waals surface area contributed by atoms with Gasteiger partial charge in [0.1, 0.15) is 0 Å². The van der Waals surface area contributed by atoms with E-state index in [9.17, 15) is 18.0 Å². The molecule has 2 heterocycles. The van der Waals surface area contributed by atoms with E-state index >= 15 is 0 Å². The van der Waals surface area contributed by atoms with Crippen molar-refractivity contribution in [2.75, 3.05) is 16.4 Å². The molecule has 1 aromatic carbocycles. The zero-order valence-corrected chi connectivity index (χ0v) is 17.0. The number of carboxylic acid groups (broad SMARTS) is 1. The van der Waals surface area contributed by atoms with Crippen LogP contribution in [0, 0.1) is 6.92 Å². The topological polar surface area (TPSA) is 104 Å². The van der Waals surface area contributed by atoms with Crippen molar-refractivity contribution in [3.05, 3.63) is 28.8 Å². The molecule has 0 aromatic heterocycles. The van der Waals surface area contributed by atoms with E-state index in [1.165, 1.54) is 11.8 Å². The molecule has 7 nitrogen and oxygen atoms in total. The van der Waals surface area contributed by atoms with E-state index < -0.39 is 21.7 Å². The number of hydrogen-bond acceptors (Lipinski definition) is 5. The maximum absolute atomic E-state index is 12.2. The number of carboxylic acids is 1. The third-order valence-corrected chi connectivity index (χ3v) is 7.94. The summed E-state index contributed by atoms with van der Waals surface area (Å²) in [4.78, 5) is 28.8. The van der Waals surface area contributed by atoms with Gasteiger partial charge in [0.15, 0.2) is 15.0 Å². The number of amides is 1. The van der Waals surface area contributed by atoms with Crippen molar-refractivity contribution in [2.24, 2.45) is 4.99 Å². The van der Waals surface area contributed by atoms with E-state index in [2.05, 4.69) is 4.99 Å². The fourth-order valence-corrected chi connectivity index (χ4v) is 7.33. The summed E-state index contributed by atoms with van der Waals surface area (Å²) in [5, 5.41) is 9.45. The van der Waals surface area contributed by atoms with Gasteiger partial charge < -0.3 is 10.0 Å². The number of hydrogen-bond donors (Lipinski definition) is 1. The van der Waals surface area contributed by atoms with Crippen molar-refractivity contribution < 1.29 is 23.1 Å². The molecule has 27 heavy (non-hydrogen) atoms. The summed E-state index contributed by atoms with van der Waals surface area (Å²) in [5.74, 6) is -1.32. The Bertz CT molecular complexity index is 916. The predicted molar refractivity (Wildman–Crippen MR) is 106 cm³/mol. The number of halogens is 1. The lowest BCUT2D eigenvalue weighted by Gasteiger charge is -2.26. The number of fused-ring (bicyclic) bond motifs is 1. The van der Waals surface area contributed by atoms with Crippen molar-refractivity contribution in [2.45, 2.75) is 37.5 Å². The average Bonchev–Trinajstić information content (AvgIpc) is 3.00. The Balaban J connectivity index is 1.91. The summed E-state index contributed by atoms with van der Waals surface area (Å²) >= 11 is 7.42. The molecule has 2 aliphatic rings. The van der Waals surface area contributed by atoms with Gasteiger partial charge in [0.05, 0.1) is 17.5 Å². The number of anilines is 1. The number of aliphatic imine (C=N–C) groups is 1. The molecule has 0 aliphatic carbocycles. The van der Waals surface area contributed by atoms with E-state index in [4.69, 9.17) is 16.7 Å². The minimum absolute atomic E-state index is 0.00282. The summed E-state index contributed by atoms with van der Waals surface area (Å²) in [6.45, 7) is 1.89. The zero-order valence-electron chi connectivity index (χ0n) is 14.6. The van der Waals surface area contributed by atoms with E-state index in [1.54, 1.807) is 17.0 Å². The SMILES string of the molecule is Cc1ccc(Cl)cc1N1C(=NC(=O)CCCC(=O)O)S[C@H]2CS(=O)(=O)C[C@H]21. The lowest BCUT2D eigenvalue weighted by atomic mass is 10.1. The van der Waals surface area contributed by atoms with Crippen molar-refractivity contribution in [3.8, 4) is 0 Å². The largest absolute Gasteiger partial charge is 0.481 e. The quantitative estimate of drug-likeness (QED) is 0.765. The molecular formula is C17H19ClN2O5S2. The Morgan fingerprint density at radius 1 is 1.33 bits per heavy atom. The summed E-state index contributed by atoms with van der Waals surface area (Å²) in [6, 6.07) is 5.03. The Morgan fingerprint density at radius 2 is 2.07 bits per heavy atom. The Hall–Kier alpha value is -1.58. The molecule has 3 rings (SSSR count). The van der Waals surface area contributed by atoms with Crippen LogP contribution in [-0.2, 0) is 19.4 Å². The van der Waals surface area contributed by atoms with Crippen molar-refractivity contribution in [1.82, 2.24) is 0 Å². The molecular weight excluding hydrogens is 412 g/mol. The number of carbonyl (C=O) groups excluding carboxylic acids is 1. The maximum atomic E-state index is 12.2. The first-order valence-electron chi connectivity index (χ1n) is 8.42. The highest BCUT2D eigenvalue weighted by molar-refractivity contribution is 8.16. The number of rotatable bonds is 5. The standard InChI is InChI=1S/C17H19ClN2O5S2/c1-10-5-6-11(18)7-12(10)20-13-8-27(24,25)9-14(13)26-17(20)19-15(21)3-2-4-16(22)23/h5-7,13-14H,2-4,8-9H2,1H3,(H,22,23)/t13-,14+/m1/s1. The number of carbonyl (C=O) groups is 2. The number of aryl methyl sites for hydroxylation is 1. The van der Waals surface area contributed by atoms with Gasteiger partial charge in [-0.05, 0) is 31.0 Å². The molecule has 0 radical (unpaired) electrons. The van der Waals surface area contributed by atoms with Gasteiger partial charge in [-0.2, -0.15) is 4.99 Å². The molecule has 1 aromatic rings. The van der Waals surface area contributed by atoms with Gasteiger partial charge in [0, 0.05) is 28.8 Å². The van der Waals surface area contributed by atoms with Gasteiger partial charge in [-0.3, -0.25) is 9.59 Å². The minimum Gasteiger partial charge on any atom is -0.481 e. The van der Waals surface area contributed by atoms with Gasteiger partial charge in [-0.1, -0.05) is 29.4 Å². The molecule has 1 amide bonds. The third-order valence-electron chi connectivity index (χ3n) is 4.50. The first-order chi connectivity index (χ1) is 12.7. The lowest BCUT2D eigenvalue weighted by molar-refractivity contribution is -0.137. The number of amidine groups is 1. The monoisotopic (exact) mass is 430 g/mol. The van der Waals surface area contributed by atoms with E-state index in [-0.39, 0.29) is 42.1 Å². The summed E-state index contributed by atoms with van der Waals surface area (Å²) in [5.41, 5.74) is 1.63. The molecule has 0 bridgehead atoms. The molecule has 0 saturated carbocycles. The van der Waals surface area contributed by atoms with Gasteiger partial charge in [-0.15, -0.1) is 0 Å². The van der Waals surface area contributed by atoms with Crippen LogP contribution in [0.15, 0.2) is 23.2 Å². The van der Waals surface area contributed by atoms with Crippen molar-refractivity contribution in [3.63, 3.8) is 0 Å². The Morgan fingerprint density at radius 3 is 2.78 bits per heavy atom. The van der Waals surface area contributed by atoms with Crippen LogP contribution in [-0.4, -0.2) is 53.4 Å². The van der Waals surface area contributed by atoms with Crippen LogP contribution in [0.5, 0.6) is 0 Å². The van der Waals surface area contributed by atoms with Crippen LogP contribution < -0.4 is 4.90 Å². The molecule has 1 N–H and O–H groups in total. The number of thioether (sulfide) groups is 1. The van der Waals surface area contributed by atoms with Crippen molar-refractivity contribution >= 4 is 55.9 Å². The normalized spacial score (nSPS) is 25.0. The average molecular weight is 431 g/mol. The predicted octanol–water partition coefficient (Wildman–Crippen LogP) is 2.50.